The van der Waals surface area contributed by atoms with Gasteiger partial charge in [0.1, 0.15) is 5.03 Å². The van der Waals surface area contributed by atoms with Crippen molar-refractivity contribution in [2.24, 2.45) is 0 Å². The Morgan fingerprint density at radius 1 is 1.33 bits per heavy atom. The minimum absolute atomic E-state index is 0.253. The molecule has 0 spiro atoms. The van der Waals surface area contributed by atoms with E-state index in [1.165, 1.54) is 5.56 Å². The molecule has 0 aliphatic heterocycles. The van der Waals surface area contributed by atoms with Crippen molar-refractivity contribution >= 4 is 47.6 Å². The van der Waals surface area contributed by atoms with E-state index in [4.69, 9.17) is 28.3 Å². The van der Waals surface area contributed by atoms with Crippen LogP contribution < -0.4 is 0 Å². The molecule has 2 rings (SSSR count). The summed E-state index contributed by atoms with van der Waals surface area (Å²) >= 11 is 18.0. The van der Waals surface area contributed by atoms with E-state index in [0.717, 1.165) is 27.6 Å². The molecule has 1 aromatic carbocycles. The smallest absolute Gasteiger partial charge is 0.103 e. The largest absolute Gasteiger partial charge is 0.256 e. The molecule has 0 unspecified atom stereocenters. The summed E-state index contributed by atoms with van der Waals surface area (Å²) in [6.45, 7) is 10.4. The topological polar surface area (TPSA) is 17.8 Å². The molecule has 0 amide bonds. The Balaban J connectivity index is 2.47. The first kappa shape index (κ1) is 19.5. The Morgan fingerprint density at radius 3 is 2.50 bits per heavy atom. The molecular formula is C18H20Cl2N2S2. The zero-order chi connectivity index (χ0) is 17.9. The maximum absolute atomic E-state index is 6.14. The maximum atomic E-state index is 6.14. The third kappa shape index (κ3) is 4.85. The number of benzene rings is 1. The highest BCUT2D eigenvalue weighted by atomic mass is 35.5. The molecule has 6 heteroatoms. The number of nitrogens with zero attached hydrogens (tertiary/aromatic N) is 2. The second-order valence-corrected chi connectivity index (χ2v) is 8.00. The normalized spacial score (nSPS) is 11.6. The van der Waals surface area contributed by atoms with Gasteiger partial charge in [-0.05, 0) is 44.4 Å². The maximum Gasteiger partial charge on any atom is 0.103 e. The van der Waals surface area contributed by atoms with Gasteiger partial charge in [-0.2, -0.15) is 17.7 Å². The molecule has 1 heterocycles. The summed E-state index contributed by atoms with van der Waals surface area (Å²) in [7, 11) is 0. The predicted octanol–water partition coefficient (Wildman–Crippen LogP) is 6.77. The lowest BCUT2D eigenvalue weighted by molar-refractivity contribution is 0.489. The number of aromatic nitrogens is 2. The molecule has 128 valence electrons. The molecule has 1 aromatic heterocycles. The van der Waals surface area contributed by atoms with Gasteiger partial charge < -0.3 is 0 Å². The second-order valence-electron chi connectivity index (χ2n) is 5.77. The lowest BCUT2D eigenvalue weighted by Gasteiger charge is -2.13. The Hall–Kier alpha value is -0.810. The molecule has 0 aliphatic carbocycles. The van der Waals surface area contributed by atoms with Gasteiger partial charge in [0, 0.05) is 33.0 Å². The third-order valence-corrected chi connectivity index (χ3v) is 5.10. The highest BCUT2D eigenvalue weighted by Gasteiger charge is 2.19. The predicted molar refractivity (Wildman–Crippen MR) is 109 cm³/mol. The Morgan fingerprint density at radius 2 is 1.96 bits per heavy atom. The summed E-state index contributed by atoms with van der Waals surface area (Å²) in [6, 6.07) is 5.82. The molecule has 0 saturated heterocycles. The monoisotopic (exact) mass is 398 g/mol. The summed E-state index contributed by atoms with van der Waals surface area (Å²) < 4.78 is 2.04. The van der Waals surface area contributed by atoms with Crippen molar-refractivity contribution in [3.63, 3.8) is 0 Å². The van der Waals surface area contributed by atoms with Crippen LogP contribution in [0.25, 0.3) is 0 Å². The molecule has 0 radical (unpaired) electrons. The van der Waals surface area contributed by atoms with Crippen LogP contribution in [0.5, 0.6) is 0 Å². The summed E-state index contributed by atoms with van der Waals surface area (Å²) in [4.78, 5) is 0.992. The van der Waals surface area contributed by atoms with Crippen molar-refractivity contribution < 1.29 is 0 Å². The van der Waals surface area contributed by atoms with E-state index in [1.54, 1.807) is 23.2 Å². The molecule has 0 N–H and O–H groups in total. The minimum Gasteiger partial charge on any atom is -0.256 e. The van der Waals surface area contributed by atoms with E-state index < -0.39 is 0 Å². The van der Waals surface area contributed by atoms with Crippen LogP contribution in [0.3, 0.4) is 0 Å². The Kier molecular flexibility index (Phi) is 6.93. The van der Waals surface area contributed by atoms with E-state index >= 15 is 0 Å². The van der Waals surface area contributed by atoms with Gasteiger partial charge in [-0.1, -0.05) is 53.2 Å². The highest BCUT2D eigenvalue weighted by molar-refractivity contribution is 7.99. The average Bonchev–Trinajstić information content (AvgIpc) is 2.75. The number of rotatable bonds is 6. The Bertz CT molecular complexity index is 759. The number of halogens is 2. The SMILES string of the molecule is C=C(/C=C\S)Cc1c(C)nn(C(C)C)c1Sc1cc(Cl)cc(Cl)c1. The molecule has 0 bridgehead atoms. The highest BCUT2D eigenvalue weighted by Crippen LogP contribution is 2.37. The van der Waals surface area contributed by atoms with Crippen LogP contribution in [-0.2, 0) is 6.42 Å². The van der Waals surface area contributed by atoms with Crippen molar-refractivity contribution in [2.45, 2.75) is 43.2 Å². The van der Waals surface area contributed by atoms with E-state index in [9.17, 15) is 0 Å². The van der Waals surface area contributed by atoms with Crippen LogP contribution in [0.15, 0.2) is 51.8 Å². The first-order valence-electron chi connectivity index (χ1n) is 7.52. The van der Waals surface area contributed by atoms with Gasteiger partial charge >= 0.3 is 0 Å². The molecule has 0 saturated carbocycles. The first-order chi connectivity index (χ1) is 11.3. The molecule has 24 heavy (non-hydrogen) atoms. The fourth-order valence-corrected chi connectivity index (χ4v) is 4.46. The van der Waals surface area contributed by atoms with Crippen molar-refractivity contribution in [3.05, 3.63) is 63.1 Å². The van der Waals surface area contributed by atoms with Crippen LogP contribution in [0, 0.1) is 6.92 Å². The number of thiol groups is 1. The van der Waals surface area contributed by atoms with E-state index in [1.807, 2.05) is 29.8 Å². The van der Waals surface area contributed by atoms with Crippen LogP contribution in [0.2, 0.25) is 10.0 Å². The fourth-order valence-electron chi connectivity index (χ4n) is 2.31. The molecule has 2 aromatic rings. The summed E-state index contributed by atoms with van der Waals surface area (Å²) in [5.74, 6) is 0. The van der Waals surface area contributed by atoms with Gasteiger partial charge in [0.2, 0.25) is 0 Å². The lowest BCUT2D eigenvalue weighted by atomic mass is 10.1. The van der Waals surface area contributed by atoms with Crippen LogP contribution in [0.1, 0.15) is 31.1 Å². The summed E-state index contributed by atoms with van der Waals surface area (Å²) in [5, 5.41) is 8.76. The van der Waals surface area contributed by atoms with Crippen molar-refractivity contribution in [2.75, 3.05) is 0 Å². The molecule has 0 fully saturated rings. The lowest BCUT2D eigenvalue weighted by Crippen LogP contribution is -2.05. The number of hydrogen-bond donors (Lipinski definition) is 1. The van der Waals surface area contributed by atoms with E-state index in [0.29, 0.717) is 10.0 Å². The number of aryl methyl sites for hydroxylation is 1. The standard InChI is InChI=1S/C18H20Cl2N2S2/c1-11(2)22-18(24-16-9-14(19)8-15(20)10-16)17(13(4)21-22)7-12(3)5-6-23/h5-6,8-11,23H,3,7H2,1-2,4H3/b6-5-. The van der Waals surface area contributed by atoms with Gasteiger partial charge in [-0.3, -0.25) is 4.68 Å². The van der Waals surface area contributed by atoms with Gasteiger partial charge in [0.05, 0.1) is 5.69 Å². The van der Waals surface area contributed by atoms with E-state index in [-0.39, 0.29) is 6.04 Å². The van der Waals surface area contributed by atoms with Crippen molar-refractivity contribution in [1.29, 1.82) is 0 Å². The molecule has 0 atom stereocenters. The molecule has 2 nitrogen and oxygen atoms in total. The zero-order valence-electron chi connectivity index (χ0n) is 13.9. The average molecular weight is 399 g/mol. The van der Waals surface area contributed by atoms with Gasteiger partial charge in [0.25, 0.3) is 0 Å². The summed E-state index contributed by atoms with van der Waals surface area (Å²) in [6.07, 6.45) is 2.63. The Labute approximate surface area is 163 Å². The van der Waals surface area contributed by atoms with Gasteiger partial charge in [0.15, 0.2) is 0 Å². The van der Waals surface area contributed by atoms with Crippen LogP contribution in [0.4, 0.5) is 0 Å². The fraction of sp³-hybridized carbons (Fsp3) is 0.278. The van der Waals surface area contributed by atoms with Crippen LogP contribution in [-0.4, -0.2) is 9.78 Å². The van der Waals surface area contributed by atoms with Gasteiger partial charge in [-0.25, -0.2) is 0 Å². The van der Waals surface area contributed by atoms with Crippen molar-refractivity contribution in [1.82, 2.24) is 9.78 Å². The number of allylic oxidation sites excluding steroid dienone is 2. The van der Waals surface area contributed by atoms with E-state index in [2.05, 4.69) is 33.1 Å². The molecular weight excluding hydrogens is 379 g/mol. The second kappa shape index (κ2) is 8.52. The minimum atomic E-state index is 0.253. The molecule has 0 aliphatic rings. The zero-order valence-corrected chi connectivity index (χ0v) is 17.1. The van der Waals surface area contributed by atoms with Crippen LogP contribution >= 0.6 is 47.6 Å². The number of hydrogen-bond acceptors (Lipinski definition) is 3. The first-order valence-corrected chi connectivity index (χ1v) is 9.61. The summed E-state index contributed by atoms with van der Waals surface area (Å²) in [5.41, 5.74) is 3.16. The third-order valence-electron chi connectivity index (χ3n) is 3.41. The quantitative estimate of drug-likeness (QED) is 0.427. The van der Waals surface area contributed by atoms with Gasteiger partial charge in [-0.15, -0.1) is 0 Å². The van der Waals surface area contributed by atoms with Crippen molar-refractivity contribution in [3.8, 4) is 0 Å².